The van der Waals surface area contributed by atoms with Gasteiger partial charge in [0, 0.05) is 25.3 Å². The fourth-order valence-electron chi connectivity index (χ4n) is 3.90. The van der Waals surface area contributed by atoms with Gasteiger partial charge in [0.1, 0.15) is 18.0 Å². The molecule has 7 nitrogen and oxygen atoms in total. The molecule has 0 unspecified atom stereocenters. The smallest absolute Gasteiger partial charge is 0.269 e. The van der Waals surface area contributed by atoms with E-state index in [1.54, 1.807) is 18.9 Å². The Balaban J connectivity index is 1.55. The van der Waals surface area contributed by atoms with Crippen LogP contribution >= 0.6 is 11.3 Å². The van der Waals surface area contributed by atoms with Crippen molar-refractivity contribution in [2.45, 2.75) is 6.92 Å². The van der Waals surface area contributed by atoms with Gasteiger partial charge in [-0.1, -0.05) is 42.5 Å². The first-order valence-electron chi connectivity index (χ1n) is 10.9. The second-order valence-electron chi connectivity index (χ2n) is 7.95. The number of ether oxygens (including phenoxy) is 2. The van der Waals surface area contributed by atoms with Crippen molar-refractivity contribution in [2.24, 2.45) is 7.05 Å². The Labute approximate surface area is 200 Å². The van der Waals surface area contributed by atoms with Crippen molar-refractivity contribution in [3.8, 4) is 11.5 Å². The lowest BCUT2D eigenvalue weighted by Crippen LogP contribution is -2.31. The zero-order valence-electron chi connectivity index (χ0n) is 18.9. The van der Waals surface area contributed by atoms with E-state index in [2.05, 4.69) is 4.98 Å². The summed E-state index contributed by atoms with van der Waals surface area (Å²) in [6.07, 6.45) is 5.41. The highest BCUT2D eigenvalue weighted by Gasteiger charge is 2.25. The number of carbonyl (C=O) groups excluding carboxylic acids is 1. The summed E-state index contributed by atoms with van der Waals surface area (Å²) < 4.78 is 12.8. The van der Waals surface area contributed by atoms with Crippen LogP contribution < -0.4 is 19.9 Å². The van der Waals surface area contributed by atoms with Crippen molar-refractivity contribution >= 4 is 39.2 Å². The largest absolute Gasteiger partial charge is 0.486 e. The topological polar surface area (TPSA) is 73.7 Å². The minimum atomic E-state index is -0.197. The van der Waals surface area contributed by atoms with E-state index in [1.165, 1.54) is 22.2 Å². The number of rotatable bonds is 5. The van der Waals surface area contributed by atoms with Crippen molar-refractivity contribution in [2.75, 3.05) is 24.7 Å². The summed E-state index contributed by atoms with van der Waals surface area (Å²) in [6, 6.07) is 15.4. The van der Waals surface area contributed by atoms with Crippen LogP contribution in [0.15, 0.2) is 65.7 Å². The van der Waals surface area contributed by atoms with E-state index in [9.17, 15) is 9.59 Å². The van der Waals surface area contributed by atoms with E-state index in [-0.39, 0.29) is 11.5 Å². The zero-order valence-corrected chi connectivity index (χ0v) is 19.7. The Kier molecular flexibility index (Phi) is 5.90. The Bertz CT molecular complexity index is 1460. The predicted molar refractivity (Wildman–Crippen MR) is 134 cm³/mol. The SMILES string of the molecule is Cc1c(C(=O)N(C/C=C/c2ccccc2)c2ccc3c(c2)OCCO3)sc2ncn(C)c(=O)c12. The van der Waals surface area contributed by atoms with E-state index < -0.39 is 0 Å². The van der Waals surface area contributed by atoms with Crippen LogP contribution in [0.25, 0.3) is 16.3 Å². The summed E-state index contributed by atoms with van der Waals surface area (Å²) in [5.74, 6) is 1.07. The number of nitrogens with zero attached hydrogens (tertiary/aromatic N) is 3. The number of hydrogen-bond donors (Lipinski definition) is 0. The second kappa shape index (κ2) is 9.15. The molecule has 0 atom stereocenters. The summed E-state index contributed by atoms with van der Waals surface area (Å²) in [7, 11) is 1.66. The number of thiophene rings is 1. The fraction of sp³-hybridized carbons (Fsp3) is 0.192. The Morgan fingerprint density at radius 2 is 1.91 bits per heavy atom. The average Bonchev–Trinajstić information content (AvgIpc) is 3.21. The average molecular weight is 474 g/mol. The monoisotopic (exact) mass is 473 g/mol. The maximum Gasteiger partial charge on any atom is 0.269 e. The van der Waals surface area contributed by atoms with Gasteiger partial charge in [0.2, 0.25) is 0 Å². The molecule has 1 amide bonds. The standard InChI is InChI=1S/C26H23N3O4S/c1-17-22-24(27-16-28(2)25(22)30)34-23(17)26(31)29(12-6-9-18-7-4-3-5-8-18)19-10-11-20-21(15-19)33-14-13-32-20/h3-11,15-16H,12-14H2,1-2H3/b9-6+. The van der Waals surface area contributed by atoms with Gasteiger partial charge in [0.05, 0.1) is 16.6 Å². The number of amides is 1. The van der Waals surface area contributed by atoms with Crippen LogP contribution in [0.3, 0.4) is 0 Å². The van der Waals surface area contributed by atoms with Crippen LogP contribution in [-0.2, 0) is 7.05 Å². The highest BCUT2D eigenvalue weighted by atomic mass is 32.1. The number of aryl methyl sites for hydroxylation is 2. The van der Waals surface area contributed by atoms with Gasteiger partial charge in [0.25, 0.3) is 11.5 Å². The molecule has 0 bridgehead atoms. The number of carbonyl (C=O) groups is 1. The molecule has 0 saturated heterocycles. The third kappa shape index (κ3) is 4.08. The van der Waals surface area contributed by atoms with Gasteiger partial charge < -0.3 is 18.9 Å². The summed E-state index contributed by atoms with van der Waals surface area (Å²) in [6.45, 7) is 3.10. The first-order valence-corrected chi connectivity index (χ1v) is 11.7. The van der Waals surface area contributed by atoms with Crippen molar-refractivity contribution in [1.29, 1.82) is 0 Å². The molecular weight excluding hydrogens is 450 g/mol. The van der Waals surface area contributed by atoms with Gasteiger partial charge >= 0.3 is 0 Å². The molecule has 3 heterocycles. The van der Waals surface area contributed by atoms with Crippen LogP contribution in [0.1, 0.15) is 20.8 Å². The van der Waals surface area contributed by atoms with Crippen LogP contribution in [0, 0.1) is 6.92 Å². The fourth-order valence-corrected chi connectivity index (χ4v) is 4.99. The molecule has 0 fully saturated rings. The van der Waals surface area contributed by atoms with Crippen molar-refractivity contribution in [1.82, 2.24) is 9.55 Å². The summed E-state index contributed by atoms with van der Waals surface area (Å²) in [5, 5.41) is 0.486. The summed E-state index contributed by atoms with van der Waals surface area (Å²) in [4.78, 5) is 33.6. The third-order valence-electron chi connectivity index (χ3n) is 5.69. The second-order valence-corrected chi connectivity index (χ2v) is 8.95. The highest BCUT2D eigenvalue weighted by Crippen LogP contribution is 2.36. The number of aromatic nitrogens is 2. The molecule has 1 aliphatic rings. The number of fused-ring (bicyclic) bond motifs is 2. The van der Waals surface area contributed by atoms with Gasteiger partial charge in [-0.15, -0.1) is 11.3 Å². The lowest BCUT2D eigenvalue weighted by atomic mass is 10.1. The van der Waals surface area contributed by atoms with Gasteiger partial charge in [-0.05, 0) is 30.2 Å². The lowest BCUT2D eigenvalue weighted by Gasteiger charge is -2.24. The molecular formula is C26H23N3O4S. The van der Waals surface area contributed by atoms with Gasteiger partial charge in [0.15, 0.2) is 11.5 Å². The van der Waals surface area contributed by atoms with E-state index in [4.69, 9.17) is 9.47 Å². The highest BCUT2D eigenvalue weighted by molar-refractivity contribution is 7.20. The Morgan fingerprint density at radius 3 is 2.71 bits per heavy atom. The molecule has 0 saturated carbocycles. The van der Waals surface area contributed by atoms with Gasteiger partial charge in [-0.25, -0.2) is 4.98 Å². The molecule has 8 heteroatoms. The molecule has 34 heavy (non-hydrogen) atoms. The number of hydrogen-bond acceptors (Lipinski definition) is 6. The van der Waals surface area contributed by atoms with Crippen LogP contribution in [-0.4, -0.2) is 35.2 Å². The molecule has 2 aromatic carbocycles. The molecule has 1 aliphatic heterocycles. The number of anilines is 1. The van der Waals surface area contributed by atoms with E-state index in [0.717, 1.165) is 5.56 Å². The van der Waals surface area contributed by atoms with E-state index in [1.807, 2.05) is 60.7 Å². The lowest BCUT2D eigenvalue weighted by molar-refractivity contribution is 0.0993. The molecule has 0 aliphatic carbocycles. The zero-order chi connectivity index (χ0) is 23.7. The molecule has 0 N–H and O–H groups in total. The van der Waals surface area contributed by atoms with Crippen LogP contribution in [0.4, 0.5) is 5.69 Å². The minimum absolute atomic E-state index is 0.160. The number of benzene rings is 2. The maximum absolute atomic E-state index is 13.8. The molecule has 0 radical (unpaired) electrons. The quantitative estimate of drug-likeness (QED) is 0.429. The molecule has 172 valence electrons. The molecule has 5 rings (SSSR count). The molecule has 4 aromatic rings. The van der Waals surface area contributed by atoms with Crippen LogP contribution in [0.5, 0.6) is 11.5 Å². The summed E-state index contributed by atoms with van der Waals surface area (Å²) in [5.41, 5.74) is 2.22. The maximum atomic E-state index is 13.8. The van der Waals surface area contributed by atoms with Crippen LogP contribution in [0.2, 0.25) is 0 Å². The van der Waals surface area contributed by atoms with E-state index in [0.29, 0.717) is 57.6 Å². The molecule has 2 aromatic heterocycles. The Morgan fingerprint density at radius 1 is 1.15 bits per heavy atom. The van der Waals surface area contributed by atoms with Crippen molar-refractivity contribution < 1.29 is 14.3 Å². The van der Waals surface area contributed by atoms with E-state index >= 15 is 0 Å². The third-order valence-corrected chi connectivity index (χ3v) is 6.87. The first kappa shape index (κ1) is 21.9. The minimum Gasteiger partial charge on any atom is -0.486 e. The van der Waals surface area contributed by atoms with Gasteiger partial charge in [-0.2, -0.15) is 0 Å². The van der Waals surface area contributed by atoms with Gasteiger partial charge in [-0.3, -0.25) is 9.59 Å². The predicted octanol–water partition coefficient (Wildman–Crippen LogP) is 4.43. The molecule has 0 spiro atoms. The summed E-state index contributed by atoms with van der Waals surface area (Å²) >= 11 is 1.24. The first-order chi connectivity index (χ1) is 16.5. The Hall–Kier alpha value is -3.91. The normalized spacial score (nSPS) is 12.9. The van der Waals surface area contributed by atoms with Crippen molar-refractivity contribution in [3.63, 3.8) is 0 Å². The van der Waals surface area contributed by atoms with Crippen molar-refractivity contribution in [3.05, 3.63) is 87.3 Å².